The number of carbonyl (C=O) groups excluding carboxylic acids is 2. The number of aromatic amines is 1. The number of piperidine rings is 1. The molecule has 0 aliphatic carbocycles. The van der Waals surface area contributed by atoms with Crippen LogP contribution < -0.4 is 10.9 Å². The van der Waals surface area contributed by atoms with Gasteiger partial charge in [-0.1, -0.05) is 19.9 Å². The number of likely N-dealkylation sites (tertiary alicyclic amines) is 1. The Morgan fingerprint density at radius 3 is 2.59 bits per heavy atom. The molecule has 0 bridgehead atoms. The molecule has 2 heterocycles. The number of hydrogen-bond acceptors (Lipinski definition) is 5. The molecule has 0 saturated carbocycles. The molecule has 1 aromatic heterocycles. The fourth-order valence-electron chi connectivity index (χ4n) is 4.59. The quantitative estimate of drug-likeness (QED) is 0.443. The molecule has 1 aromatic carbocycles. The van der Waals surface area contributed by atoms with Gasteiger partial charge in [0, 0.05) is 44.2 Å². The van der Waals surface area contributed by atoms with Crippen LogP contribution in [0.1, 0.15) is 37.0 Å². The first-order chi connectivity index (χ1) is 16.0. The number of allylic oxidation sites excluding steroid dienone is 1. The molecular formula is C25H35N5O3S. The molecule has 0 radical (unpaired) electrons. The number of carbonyl (C=O) groups is 2. The molecule has 0 unspecified atom stereocenters. The highest BCUT2D eigenvalue weighted by Gasteiger charge is 2.29. The summed E-state index contributed by atoms with van der Waals surface area (Å²) in [6, 6.07) is 5.01. The highest BCUT2D eigenvalue weighted by atomic mass is 32.1. The van der Waals surface area contributed by atoms with Crippen LogP contribution in [0, 0.1) is 16.1 Å². The summed E-state index contributed by atoms with van der Waals surface area (Å²) in [5.41, 5.74) is 0.810. The smallest absolute Gasteiger partial charge is 0.262 e. The lowest BCUT2D eigenvalue weighted by atomic mass is 9.91. The fourth-order valence-corrected chi connectivity index (χ4v) is 4.86. The lowest BCUT2D eigenvalue weighted by Crippen LogP contribution is -2.46. The van der Waals surface area contributed by atoms with Crippen molar-refractivity contribution in [2.75, 3.05) is 40.3 Å². The summed E-state index contributed by atoms with van der Waals surface area (Å²) in [7, 11) is 4.05. The molecule has 0 atom stereocenters. The number of aromatic nitrogens is 2. The largest absolute Gasteiger partial charge is 0.355 e. The third-order valence-electron chi connectivity index (χ3n) is 6.18. The summed E-state index contributed by atoms with van der Waals surface area (Å²) in [6.07, 6.45) is 2.88. The Morgan fingerprint density at radius 2 is 1.97 bits per heavy atom. The first-order valence-corrected chi connectivity index (χ1v) is 12.0. The summed E-state index contributed by atoms with van der Waals surface area (Å²) < 4.78 is 1.73. The van der Waals surface area contributed by atoms with Crippen LogP contribution in [0.25, 0.3) is 10.9 Å². The van der Waals surface area contributed by atoms with Gasteiger partial charge in [0.05, 0.1) is 10.9 Å². The first-order valence-electron chi connectivity index (χ1n) is 11.6. The van der Waals surface area contributed by atoms with Gasteiger partial charge in [0.15, 0.2) is 4.77 Å². The van der Waals surface area contributed by atoms with E-state index in [1.807, 2.05) is 14.1 Å². The molecule has 1 aliphatic heterocycles. The molecule has 1 fully saturated rings. The molecule has 2 N–H and O–H groups in total. The van der Waals surface area contributed by atoms with Crippen molar-refractivity contribution in [3.63, 3.8) is 0 Å². The third-order valence-corrected chi connectivity index (χ3v) is 6.50. The average Bonchev–Trinajstić information content (AvgIpc) is 2.78. The monoisotopic (exact) mass is 485 g/mol. The van der Waals surface area contributed by atoms with Crippen molar-refractivity contribution in [3.05, 3.63) is 51.5 Å². The Hall–Kier alpha value is -2.78. The van der Waals surface area contributed by atoms with Crippen LogP contribution in [0.2, 0.25) is 0 Å². The Bertz CT molecular complexity index is 1190. The summed E-state index contributed by atoms with van der Waals surface area (Å²) in [6.45, 7) is 10.8. The molecule has 184 valence electrons. The third kappa shape index (κ3) is 6.01. The molecule has 2 aromatic rings. The topological polar surface area (TPSA) is 90.4 Å². The molecule has 1 saturated heterocycles. The van der Waals surface area contributed by atoms with Gasteiger partial charge in [0.1, 0.15) is 0 Å². The van der Waals surface area contributed by atoms with E-state index in [2.05, 4.69) is 35.6 Å². The Morgan fingerprint density at radius 1 is 1.29 bits per heavy atom. The van der Waals surface area contributed by atoms with Gasteiger partial charge in [-0.2, -0.15) is 0 Å². The van der Waals surface area contributed by atoms with Gasteiger partial charge in [-0.3, -0.25) is 19.0 Å². The second kappa shape index (κ2) is 10.7. The molecule has 2 amide bonds. The highest BCUT2D eigenvalue weighted by molar-refractivity contribution is 7.71. The first kappa shape index (κ1) is 25.8. The number of amides is 2. The number of fused-ring (bicyclic) bond motifs is 1. The molecule has 8 nitrogen and oxygen atoms in total. The van der Waals surface area contributed by atoms with Crippen molar-refractivity contribution in [1.82, 2.24) is 24.7 Å². The number of nitrogens with zero attached hydrogens (tertiary/aromatic N) is 3. The van der Waals surface area contributed by atoms with Gasteiger partial charge in [0.2, 0.25) is 5.91 Å². The maximum atomic E-state index is 13.1. The Kier molecular flexibility index (Phi) is 8.09. The Balaban J connectivity index is 1.63. The van der Waals surface area contributed by atoms with Crippen LogP contribution in [-0.4, -0.2) is 71.4 Å². The maximum absolute atomic E-state index is 13.1. The Labute approximate surface area is 205 Å². The van der Waals surface area contributed by atoms with E-state index >= 15 is 0 Å². The van der Waals surface area contributed by atoms with E-state index in [1.165, 1.54) is 4.57 Å². The zero-order chi connectivity index (χ0) is 25.0. The maximum Gasteiger partial charge on any atom is 0.262 e. The normalized spacial score (nSPS) is 15.0. The molecule has 1 aliphatic rings. The van der Waals surface area contributed by atoms with Crippen molar-refractivity contribution in [2.24, 2.45) is 11.3 Å². The minimum Gasteiger partial charge on any atom is -0.355 e. The van der Waals surface area contributed by atoms with Crippen LogP contribution in [-0.2, 0) is 11.3 Å². The molecular weight excluding hydrogens is 450 g/mol. The lowest BCUT2D eigenvalue weighted by Gasteiger charge is -2.33. The van der Waals surface area contributed by atoms with E-state index in [0.717, 1.165) is 6.54 Å². The molecule has 3 rings (SSSR count). The van der Waals surface area contributed by atoms with E-state index in [-0.39, 0.29) is 28.7 Å². The van der Waals surface area contributed by atoms with E-state index in [1.54, 1.807) is 29.2 Å². The van der Waals surface area contributed by atoms with Gasteiger partial charge in [-0.15, -0.1) is 6.58 Å². The number of benzene rings is 1. The van der Waals surface area contributed by atoms with Gasteiger partial charge in [-0.05, 0) is 62.8 Å². The summed E-state index contributed by atoms with van der Waals surface area (Å²) >= 11 is 5.29. The molecule has 34 heavy (non-hydrogen) atoms. The van der Waals surface area contributed by atoms with E-state index in [4.69, 9.17) is 12.2 Å². The van der Waals surface area contributed by atoms with Crippen molar-refractivity contribution >= 4 is 34.9 Å². The summed E-state index contributed by atoms with van der Waals surface area (Å²) in [4.78, 5) is 45.4. The van der Waals surface area contributed by atoms with Crippen molar-refractivity contribution in [3.8, 4) is 0 Å². The number of hydrogen-bond donors (Lipinski definition) is 2. The zero-order valence-corrected chi connectivity index (χ0v) is 21.3. The average molecular weight is 486 g/mol. The molecule has 0 spiro atoms. The van der Waals surface area contributed by atoms with E-state index in [0.29, 0.717) is 60.3 Å². The standard InChI is InChI=1S/C25H35N5O3S/c1-6-11-30-23(33)19-8-7-18(14-20(19)27-24(30)34)22(32)29-12-9-17(10-13-29)21(31)26-15-25(2,3)16-28(4)5/h6-8,14,17H,1,9-13,15-16H2,2-5H3,(H,26,31)(H,27,34). The van der Waals surface area contributed by atoms with Crippen LogP contribution in [0.15, 0.2) is 35.6 Å². The summed E-state index contributed by atoms with van der Waals surface area (Å²) in [5, 5.41) is 3.57. The highest BCUT2D eigenvalue weighted by Crippen LogP contribution is 2.21. The van der Waals surface area contributed by atoms with Crippen LogP contribution in [0.3, 0.4) is 0 Å². The SMILES string of the molecule is C=CCn1c(=S)[nH]c2cc(C(=O)N3CCC(C(=O)NCC(C)(C)CN(C)C)CC3)ccc2c1=O. The molecule has 9 heteroatoms. The second-order valence-electron chi connectivity index (χ2n) is 10.1. The van der Waals surface area contributed by atoms with Crippen molar-refractivity contribution < 1.29 is 9.59 Å². The zero-order valence-electron chi connectivity index (χ0n) is 20.5. The minimum atomic E-state index is -0.210. The van der Waals surface area contributed by atoms with Crippen LogP contribution in [0.5, 0.6) is 0 Å². The second-order valence-corrected chi connectivity index (χ2v) is 10.5. The fraction of sp³-hybridized carbons (Fsp3) is 0.520. The van der Waals surface area contributed by atoms with Gasteiger partial charge < -0.3 is 20.1 Å². The van der Waals surface area contributed by atoms with Gasteiger partial charge in [-0.25, -0.2) is 0 Å². The predicted molar refractivity (Wildman–Crippen MR) is 138 cm³/mol. The van der Waals surface area contributed by atoms with E-state index < -0.39 is 0 Å². The number of nitrogens with one attached hydrogen (secondary N) is 2. The van der Waals surface area contributed by atoms with Crippen LogP contribution >= 0.6 is 12.2 Å². The lowest BCUT2D eigenvalue weighted by molar-refractivity contribution is -0.126. The number of rotatable bonds is 8. The van der Waals surface area contributed by atoms with Crippen molar-refractivity contribution in [1.29, 1.82) is 0 Å². The van der Waals surface area contributed by atoms with Gasteiger partial charge in [0.25, 0.3) is 11.5 Å². The number of H-pyrrole nitrogens is 1. The van der Waals surface area contributed by atoms with Crippen molar-refractivity contribution in [2.45, 2.75) is 33.2 Å². The van der Waals surface area contributed by atoms with Gasteiger partial charge >= 0.3 is 0 Å². The van der Waals surface area contributed by atoms with E-state index in [9.17, 15) is 14.4 Å². The predicted octanol–water partition coefficient (Wildman–Crippen LogP) is 2.80. The van der Waals surface area contributed by atoms with Crippen LogP contribution in [0.4, 0.5) is 0 Å². The summed E-state index contributed by atoms with van der Waals surface area (Å²) in [5.74, 6) is -0.134. The minimum absolute atomic E-state index is 0.0112.